The molecule has 2 aliphatic rings. The molecule has 1 unspecified atom stereocenters. The van der Waals surface area contributed by atoms with Crippen LogP contribution >= 0.6 is 23.5 Å². The second kappa shape index (κ2) is 8.12. The monoisotopic (exact) mass is 465 g/mol. The van der Waals surface area contributed by atoms with Crippen LogP contribution in [-0.2, 0) is 4.79 Å². The molecule has 0 saturated carbocycles. The fraction of sp³-hybridized carbons (Fsp3) is 0.138. The minimum atomic E-state index is -0.134. The van der Waals surface area contributed by atoms with E-state index in [0.29, 0.717) is 6.42 Å². The number of carbonyl (C=O) groups is 1. The lowest BCUT2D eigenvalue weighted by atomic mass is 9.84. The highest BCUT2D eigenvalue weighted by Crippen LogP contribution is 2.53. The first-order chi connectivity index (χ1) is 16.1. The molecule has 0 spiro atoms. The molecule has 2 nitrogen and oxygen atoms in total. The van der Waals surface area contributed by atoms with Crippen LogP contribution in [0.3, 0.4) is 0 Å². The zero-order valence-corrected chi connectivity index (χ0v) is 20.2. The topological polar surface area (TPSA) is 20.3 Å². The quantitative estimate of drug-likeness (QED) is 0.261. The van der Waals surface area contributed by atoms with Crippen LogP contribution in [0.2, 0.25) is 0 Å². The van der Waals surface area contributed by atoms with Gasteiger partial charge in [0.05, 0.1) is 5.25 Å². The number of benzene rings is 4. The van der Waals surface area contributed by atoms with Gasteiger partial charge < -0.3 is 4.90 Å². The van der Waals surface area contributed by atoms with Crippen molar-refractivity contribution in [2.24, 2.45) is 0 Å². The highest BCUT2D eigenvalue weighted by atomic mass is 32.2. The zero-order chi connectivity index (χ0) is 22.5. The van der Waals surface area contributed by atoms with Gasteiger partial charge in [0.25, 0.3) is 0 Å². The molecule has 0 fully saturated rings. The van der Waals surface area contributed by atoms with Crippen LogP contribution in [-0.4, -0.2) is 30.2 Å². The summed E-state index contributed by atoms with van der Waals surface area (Å²) in [6.07, 6.45) is 0.714. The van der Waals surface area contributed by atoms with Gasteiger partial charge in [-0.2, -0.15) is 0 Å². The number of rotatable bonds is 1. The van der Waals surface area contributed by atoms with Gasteiger partial charge in [-0.3, -0.25) is 4.79 Å². The van der Waals surface area contributed by atoms with Crippen molar-refractivity contribution in [2.75, 3.05) is 14.1 Å². The average molecular weight is 466 g/mol. The molecular formula is C29H23NOS2. The van der Waals surface area contributed by atoms with Gasteiger partial charge in [-0.15, -0.1) is 11.8 Å². The Labute approximate surface area is 202 Å². The van der Waals surface area contributed by atoms with Crippen LogP contribution in [0.4, 0.5) is 0 Å². The van der Waals surface area contributed by atoms with E-state index >= 15 is 0 Å². The van der Waals surface area contributed by atoms with E-state index in [1.165, 1.54) is 53.3 Å². The Morgan fingerprint density at radius 1 is 0.788 bits per heavy atom. The predicted molar refractivity (Wildman–Crippen MR) is 140 cm³/mol. The van der Waals surface area contributed by atoms with Gasteiger partial charge in [0.2, 0.25) is 5.91 Å². The molecule has 162 valence electrons. The number of hydrogen-bond donors (Lipinski definition) is 0. The number of amides is 1. The lowest BCUT2D eigenvalue weighted by molar-refractivity contribution is -0.128. The van der Waals surface area contributed by atoms with E-state index < -0.39 is 0 Å². The summed E-state index contributed by atoms with van der Waals surface area (Å²) < 4.78 is 0. The Morgan fingerprint density at radius 3 is 2.12 bits per heavy atom. The average Bonchev–Trinajstić information content (AvgIpc) is 2.86. The predicted octanol–water partition coefficient (Wildman–Crippen LogP) is 7.22. The van der Waals surface area contributed by atoms with Crippen molar-refractivity contribution in [1.82, 2.24) is 4.90 Å². The van der Waals surface area contributed by atoms with Crippen molar-refractivity contribution in [1.29, 1.82) is 0 Å². The standard InChI is InChI=1S/C29H23NOS2/c1-30(2)29(31)26-17-22(28-19-10-4-3-9-18(19)15-16-25(28)33-26)27-20-11-5-7-13-23(20)32-24-14-8-6-12-21(24)27/h3-16,26H,17H2,1-2H3. The highest BCUT2D eigenvalue weighted by molar-refractivity contribution is 8.00. The molecule has 0 radical (unpaired) electrons. The van der Waals surface area contributed by atoms with Crippen molar-refractivity contribution in [3.05, 3.63) is 102 Å². The first-order valence-electron chi connectivity index (χ1n) is 11.1. The van der Waals surface area contributed by atoms with Gasteiger partial charge in [0.15, 0.2) is 0 Å². The number of allylic oxidation sites excluding steroid dienone is 1. The molecule has 0 N–H and O–H groups in total. The number of nitrogens with zero attached hydrogens (tertiary/aromatic N) is 1. The Hall–Kier alpha value is -2.95. The van der Waals surface area contributed by atoms with Crippen molar-refractivity contribution in [3.8, 4) is 0 Å². The summed E-state index contributed by atoms with van der Waals surface area (Å²) in [5.41, 5.74) is 6.36. The van der Waals surface area contributed by atoms with Crippen LogP contribution in [0.15, 0.2) is 99.6 Å². The Kier molecular flexibility index (Phi) is 5.08. The van der Waals surface area contributed by atoms with Gasteiger partial charge in [-0.05, 0) is 63.2 Å². The third-order valence-electron chi connectivity index (χ3n) is 6.40. The molecule has 1 amide bonds. The van der Waals surface area contributed by atoms with E-state index in [1.807, 2.05) is 25.9 Å². The molecule has 2 aliphatic heterocycles. The fourth-order valence-corrected chi connectivity index (χ4v) is 7.37. The van der Waals surface area contributed by atoms with E-state index in [0.717, 1.165) is 0 Å². The van der Waals surface area contributed by atoms with E-state index in [4.69, 9.17) is 0 Å². The largest absolute Gasteiger partial charge is 0.348 e. The second-order valence-electron chi connectivity index (χ2n) is 8.65. The van der Waals surface area contributed by atoms with Gasteiger partial charge in [-0.1, -0.05) is 78.5 Å². The van der Waals surface area contributed by atoms with Crippen LogP contribution in [0.5, 0.6) is 0 Å². The summed E-state index contributed by atoms with van der Waals surface area (Å²) in [6.45, 7) is 0. The van der Waals surface area contributed by atoms with Gasteiger partial charge in [0, 0.05) is 28.8 Å². The maximum atomic E-state index is 13.2. The second-order valence-corrected chi connectivity index (χ2v) is 11.0. The fourth-order valence-electron chi connectivity index (χ4n) is 4.91. The summed E-state index contributed by atoms with van der Waals surface area (Å²) in [7, 11) is 3.71. The van der Waals surface area contributed by atoms with Gasteiger partial charge >= 0.3 is 0 Å². The Balaban J connectivity index is 1.72. The van der Waals surface area contributed by atoms with E-state index in [-0.39, 0.29) is 11.2 Å². The molecule has 4 aromatic rings. The maximum absolute atomic E-state index is 13.2. The van der Waals surface area contributed by atoms with E-state index in [1.54, 1.807) is 16.7 Å². The molecule has 4 aromatic carbocycles. The third kappa shape index (κ3) is 3.40. The molecular weight excluding hydrogens is 442 g/mol. The molecule has 2 heterocycles. The Morgan fingerprint density at radius 2 is 1.42 bits per heavy atom. The lowest BCUT2D eigenvalue weighted by Gasteiger charge is -2.32. The maximum Gasteiger partial charge on any atom is 0.235 e. The SMILES string of the molecule is CN(C)C(=O)C1CC(=C2c3ccccc3Sc3ccccc32)c2c(ccc3ccccc23)S1. The summed E-state index contributed by atoms with van der Waals surface area (Å²) in [4.78, 5) is 18.6. The number of carbonyl (C=O) groups excluding carboxylic acids is 1. The van der Waals surface area contributed by atoms with Crippen molar-refractivity contribution < 1.29 is 4.79 Å². The molecule has 33 heavy (non-hydrogen) atoms. The number of fused-ring (bicyclic) bond motifs is 5. The van der Waals surface area contributed by atoms with Crippen LogP contribution in [0, 0.1) is 0 Å². The molecule has 1 atom stereocenters. The smallest absolute Gasteiger partial charge is 0.235 e. The van der Waals surface area contributed by atoms with Crippen molar-refractivity contribution >= 4 is 51.3 Å². The van der Waals surface area contributed by atoms with Gasteiger partial charge in [0.1, 0.15) is 0 Å². The molecule has 0 saturated heterocycles. The number of hydrogen-bond acceptors (Lipinski definition) is 3. The third-order valence-corrected chi connectivity index (χ3v) is 8.80. The summed E-state index contributed by atoms with van der Waals surface area (Å²) in [5, 5.41) is 2.36. The number of thioether (sulfide) groups is 1. The van der Waals surface area contributed by atoms with Crippen LogP contribution in [0.1, 0.15) is 23.1 Å². The van der Waals surface area contributed by atoms with Crippen molar-refractivity contribution in [3.63, 3.8) is 0 Å². The molecule has 0 aromatic heterocycles. The van der Waals surface area contributed by atoms with Crippen LogP contribution in [0.25, 0.3) is 21.9 Å². The van der Waals surface area contributed by atoms with E-state index in [9.17, 15) is 4.79 Å². The summed E-state index contributed by atoms with van der Waals surface area (Å²) >= 11 is 3.54. The summed E-state index contributed by atoms with van der Waals surface area (Å²) in [5.74, 6) is 0.170. The lowest BCUT2D eigenvalue weighted by Crippen LogP contribution is -2.33. The Bertz CT molecular complexity index is 1410. The first-order valence-corrected chi connectivity index (χ1v) is 12.8. The van der Waals surface area contributed by atoms with Crippen molar-refractivity contribution in [2.45, 2.75) is 26.4 Å². The zero-order valence-electron chi connectivity index (χ0n) is 18.5. The molecule has 6 rings (SSSR count). The van der Waals surface area contributed by atoms with Crippen LogP contribution < -0.4 is 0 Å². The molecule has 4 heteroatoms. The minimum absolute atomic E-state index is 0.134. The van der Waals surface area contributed by atoms with Gasteiger partial charge in [-0.25, -0.2) is 0 Å². The van der Waals surface area contributed by atoms with E-state index in [2.05, 4.69) is 84.9 Å². The molecule has 0 bridgehead atoms. The normalized spacial score (nSPS) is 16.7. The summed E-state index contributed by atoms with van der Waals surface area (Å²) in [6, 6.07) is 30.3. The highest BCUT2D eigenvalue weighted by Gasteiger charge is 2.34. The first kappa shape index (κ1) is 20.6. The minimum Gasteiger partial charge on any atom is -0.348 e. The molecule has 0 aliphatic carbocycles.